The van der Waals surface area contributed by atoms with Gasteiger partial charge in [-0.05, 0) is 12.1 Å². The maximum Gasteiger partial charge on any atom is 0.191 e. The molecule has 0 N–H and O–H groups in total. The summed E-state index contributed by atoms with van der Waals surface area (Å²) in [6.07, 6.45) is 3.39. The van der Waals surface area contributed by atoms with E-state index in [1.54, 1.807) is 25.3 Å². The van der Waals surface area contributed by atoms with Crippen LogP contribution in [0.1, 0.15) is 10.4 Å². The Morgan fingerprint density at radius 2 is 2.10 bits per heavy atom. The first-order chi connectivity index (χ1) is 9.81. The molecule has 5 heteroatoms. The van der Waals surface area contributed by atoms with Crippen LogP contribution in [0.2, 0.25) is 0 Å². The van der Waals surface area contributed by atoms with Gasteiger partial charge in [-0.1, -0.05) is 12.1 Å². The smallest absolute Gasteiger partial charge is 0.191 e. The molecule has 0 bridgehead atoms. The Labute approximate surface area is 118 Å². The third-order valence-corrected chi connectivity index (χ3v) is 2.97. The number of hydrogen-bond acceptors (Lipinski definition) is 5. The summed E-state index contributed by atoms with van der Waals surface area (Å²) in [4.78, 5) is 14.3. The minimum atomic E-state index is -0.0804. The number of nitrogens with zero attached hydrogens (tertiary/aromatic N) is 1. The van der Waals surface area contributed by atoms with Gasteiger partial charge in [0, 0.05) is 32.5 Å². The van der Waals surface area contributed by atoms with Crippen molar-refractivity contribution >= 4 is 5.78 Å². The number of ether oxygens (including phenoxy) is 3. The average molecular weight is 277 g/mol. The Bertz CT molecular complexity index is 467. The van der Waals surface area contributed by atoms with Crippen LogP contribution in [0.15, 0.2) is 36.5 Å². The van der Waals surface area contributed by atoms with Gasteiger partial charge in [-0.2, -0.15) is 0 Å². The summed E-state index contributed by atoms with van der Waals surface area (Å²) in [5, 5.41) is 0. The van der Waals surface area contributed by atoms with Crippen LogP contribution in [0, 0.1) is 0 Å². The van der Waals surface area contributed by atoms with Crippen LogP contribution in [0.5, 0.6) is 5.75 Å². The molecule has 5 nitrogen and oxygen atoms in total. The molecule has 0 atom stereocenters. The lowest BCUT2D eigenvalue weighted by atomic mass is 10.1. The van der Waals surface area contributed by atoms with Crippen molar-refractivity contribution in [1.29, 1.82) is 0 Å². The zero-order valence-corrected chi connectivity index (χ0v) is 11.6. The van der Waals surface area contributed by atoms with Crippen LogP contribution < -0.4 is 4.74 Å². The monoisotopic (exact) mass is 277 g/mol. The number of carbonyl (C=O) groups is 1. The van der Waals surface area contributed by atoms with Crippen molar-refractivity contribution in [2.24, 2.45) is 0 Å². The van der Waals surface area contributed by atoms with E-state index in [-0.39, 0.29) is 12.6 Å². The molecule has 0 amide bonds. The van der Waals surface area contributed by atoms with Crippen molar-refractivity contribution in [1.82, 2.24) is 4.90 Å². The largest absolute Gasteiger partial charge is 0.467 e. The van der Waals surface area contributed by atoms with Gasteiger partial charge in [0.05, 0.1) is 18.8 Å². The molecule has 0 spiro atoms. The Hall–Kier alpha value is -1.85. The van der Waals surface area contributed by atoms with Gasteiger partial charge in [-0.3, -0.25) is 4.79 Å². The highest BCUT2D eigenvalue weighted by molar-refractivity contribution is 6.06. The zero-order chi connectivity index (χ0) is 14.2. The van der Waals surface area contributed by atoms with Crippen LogP contribution in [0.4, 0.5) is 0 Å². The molecule has 1 aromatic rings. The molecule has 0 aliphatic carbocycles. The molecule has 1 aliphatic rings. The van der Waals surface area contributed by atoms with E-state index in [2.05, 4.69) is 4.90 Å². The third-order valence-electron chi connectivity index (χ3n) is 2.97. The molecule has 1 aromatic carbocycles. The second kappa shape index (κ2) is 7.67. The highest BCUT2D eigenvalue weighted by atomic mass is 16.7. The third kappa shape index (κ3) is 4.08. The van der Waals surface area contributed by atoms with Crippen LogP contribution in [-0.2, 0) is 9.47 Å². The minimum absolute atomic E-state index is 0.0804. The standard InChI is InChI=1S/C15H19NO4/c1-18-12-20-15-5-3-2-4-13(15)14(17)6-7-16-8-10-19-11-9-16/h2-7H,8-12H2,1H3/b7-6+. The molecular formula is C15H19NO4. The van der Waals surface area contributed by atoms with Crippen molar-refractivity contribution in [2.45, 2.75) is 0 Å². The van der Waals surface area contributed by atoms with E-state index in [4.69, 9.17) is 14.2 Å². The Balaban J connectivity index is 2.02. The Morgan fingerprint density at radius 1 is 1.35 bits per heavy atom. The highest BCUT2D eigenvalue weighted by Gasteiger charge is 2.11. The molecule has 1 heterocycles. The molecular weight excluding hydrogens is 258 g/mol. The molecule has 0 radical (unpaired) electrons. The molecule has 1 saturated heterocycles. The fraction of sp³-hybridized carbons (Fsp3) is 0.400. The average Bonchev–Trinajstić information content (AvgIpc) is 2.52. The van der Waals surface area contributed by atoms with Gasteiger partial charge < -0.3 is 19.1 Å². The lowest BCUT2D eigenvalue weighted by Crippen LogP contribution is -2.32. The molecule has 0 aromatic heterocycles. The molecule has 2 rings (SSSR count). The maximum absolute atomic E-state index is 12.2. The fourth-order valence-corrected chi connectivity index (χ4v) is 1.91. The number of para-hydroxylation sites is 1. The first kappa shape index (κ1) is 14.6. The first-order valence-corrected chi connectivity index (χ1v) is 6.56. The van der Waals surface area contributed by atoms with Crippen molar-refractivity contribution in [3.05, 3.63) is 42.1 Å². The normalized spacial score (nSPS) is 15.6. The number of hydrogen-bond donors (Lipinski definition) is 0. The number of carbonyl (C=O) groups excluding carboxylic acids is 1. The summed E-state index contributed by atoms with van der Waals surface area (Å²) in [5.74, 6) is 0.453. The van der Waals surface area contributed by atoms with Crippen molar-refractivity contribution in [3.8, 4) is 5.75 Å². The lowest BCUT2D eigenvalue weighted by Gasteiger charge is -2.24. The van der Waals surface area contributed by atoms with Gasteiger partial charge in [-0.25, -0.2) is 0 Å². The fourth-order valence-electron chi connectivity index (χ4n) is 1.91. The minimum Gasteiger partial charge on any atom is -0.467 e. The summed E-state index contributed by atoms with van der Waals surface area (Å²) in [6, 6.07) is 7.15. The van der Waals surface area contributed by atoms with E-state index < -0.39 is 0 Å². The zero-order valence-electron chi connectivity index (χ0n) is 11.6. The van der Waals surface area contributed by atoms with Gasteiger partial charge in [0.2, 0.25) is 0 Å². The summed E-state index contributed by atoms with van der Waals surface area (Å²) < 4.78 is 15.5. The van der Waals surface area contributed by atoms with E-state index in [1.165, 1.54) is 0 Å². The molecule has 0 saturated carbocycles. The number of morpholine rings is 1. The van der Waals surface area contributed by atoms with Crippen LogP contribution in [-0.4, -0.2) is 50.9 Å². The predicted octanol–water partition coefficient (Wildman–Crippen LogP) is 1.70. The van der Waals surface area contributed by atoms with Crippen LogP contribution in [0.3, 0.4) is 0 Å². The van der Waals surface area contributed by atoms with E-state index in [9.17, 15) is 4.79 Å². The number of rotatable bonds is 6. The van der Waals surface area contributed by atoms with Gasteiger partial charge in [-0.15, -0.1) is 0 Å². The first-order valence-electron chi connectivity index (χ1n) is 6.56. The van der Waals surface area contributed by atoms with Crippen LogP contribution in [0.25, 0.3) is 0 Å². The summed E-state index contributed by atoms with van der Waals surface area (Å²) in [6.45, 7) is 3.15. The molecule has 1 fully saturated rings. The summed E-state index contributed by atoms with van der Waals surface area (Å²) in [7, 11) is 1.54. The van der Waals surface area contributed by atoms with E-state index in [0.717, 1.165) is 13.1 Å². The summed E-state index contributed by atoms with van der Waals surface area (Å²) >= 11 is 0. The topological polar surface area (TPSA) is 48.0 Å². The number of methoxy groups -OCH3 is 1. The molecule has 20 heavy (non-hydrogen) atoms. The maximum atomic E-state index is 12.2. The molecule has 108 valence electrons. The van der Waals surface area contributed by atoms with Crippen molar-refractivity contribution in [2.75, 3.05) is 40.2 Å². The van der Waals surface area contributed by atoms with Gasteiger partial charge >= 0.3 is 0 Å². The van der Waals surface area contributed by atoms with E-state index >= 15 is 0 Å². The van der Waals surface area contributed by atoms with Crippen molar-refractivity contribution < 1.29 is 19.0 Å². The predicted molar refractivity (Wildman–Crippen MR) is 74.8 cm³/mol. The van der Waals surface area contributed by atoms with E-state index in [1.807, 2.05) is 18.3 Å². The second-order valence-corrected chi connectivity index (χ2v) is 4.38. The SMILES string of the molecule is COCOc1ccccc1C(=O)/C=C/N1CCOCC1. The second-order valence-electron chi connectivity index (χ2n) is 4.38. The van der Waals surface area contributed by atoms with Gasteiger partial charge in [0.15, 0.2) is 12.6 Å². The van der Waals surface area contributed by atoms with Crippen molar-refractivity contribution in [3.63, 3.8) is 0 Å². The lowest BCUT2D eigenvalue weighted by molar-refractivity contribution is 0.0503. The van der Waals surface area contributed by atoms with Crippen LogP contribution >= 0.6 is 0 Å². The number of benzene rings is 1. The Morgan fingerprint density at radius 3 is 2.85 bits per heavy atom. The van der Waals surface area contributed by atoms with Gasteiger partial charge in [0.25, 0.3) is 0 Å². The van der Waals surface area contributed by atoms with E-state index in [0.29, 0.717) is 24.5 Å². The van der Waals surface area contributed by atoms with Gasteiger partial charge in [0.1, 0.15) is 5.75 Å². The number of allylic oxidation sites excluding steroid dienone is 1. The highest BCUT2D eigenvalue weighted by Crippen LogP contribution is 2.19. The Kier molecular flexibility index (Phi) is 5.58. The summed E-state index contributed by atoms with van der Waals surface area (Å²) in [5.41, 5.74) is 0.536. The molecule has 0 unspecified atom stereocenters. The molecule has 1 aliphatic heterocycles. The number of ketones is 1. The quantitative estimate of drug-likeness (QED) is 0.450.